The van der Waals surface area contributed by atoms with E-state index in [9.17, 15) is 9.90 Å². The number of aliphatic hydroxyl groups is 1. The number of Topliss-reactive ketones (excluding diaryl/α,β-unsaturated/α-hetero) is 1. The van der Waals surface area contributed by atoms with E-state index in [1.165, 1.54) is 5.56 Å². The van der Waals surface area contributed by atoms with Gasteiger partial charge in [0.05, 0.1) is 12.1 Å². The summed E-state index contributed by atoms with van der Waals surface area (Å²) in [5, 5.41) is 9.70. The van der Waals surface area contributed by atoms with Crippen LogP contribution in [0, 0.1) is 0 Å². The molecule has 0 amide bonds. The molecule has 2 rings (SSSR count). The highest BCUT2D eigenvalue weighted by molar-refractivity contribution is 5.99. The van der Waals surface area contributed by atoms with Crippen molar-refractivity contribution in [1.29, 1.82) is 0 Å². The van der Waals surface area contributed by atoms with Gasteiger partial charge in [-0.1, -0.05) is 31.2 Å². The standard InChI is InChI=1S/C16H23NO2/c1-3-13-6-8-14(9-7-13)16(19)12(2)17-10-4-5-15(18)11-17/h6-9,12,15,18H,3-5,10-11H2,1-2H3. The number of hydrogen-bond donors (Lipinski definition) is 1. The monoisotopic (exact) mass is 261 g/mol. The first kappa shape index (κ1) is 14.2. The number of likely N-dealkylation sites (tertiary alicyclic amines) is 1. The molecule has 1 N–H and O–H groups in total. The Morgan fingerprint density at radius 2 is 2.11 bits per heavy atom. The van der Waals surface area contributed by atoms with Crippen molar-refractivity contribution in [2.24, 2.45) is 0 Å². The number of carbonyl (C=O) groups is 1. The van der Waals surface area contributed by atoms with E-state index in [4.69, 9.17) is 0 Å². The molecule has 1 aliphatic heterocycles. The molecule has 0 saturated carbocycles. The predicted octanol–water partition coefficient (Wildman–Crippen LogP) is 2.28. The average molecular weight is 261 g/mol. The summed E-state index contributed by atoms with van der Waals surface area (Å²) in [4.78, 5) is 14.5. The summed E-state index contributed by atoms with van der Waals surface area (Å²) in [6.45, 7) is 5.56. The third-order valence-corrected chi connectivity index (χ3v) is 4.00. The second-order valence-corrected chi connectivity index (χ2v) is 5.38. The van der Waals surface area contributed by atoms with Gasteiger partial charge >= 0.3 is 0 Å². The molecule has 1 aliphatic rings. The van der Waals surface area contributed by atoms with Crippen LogP contribution in [-0.2, 0) is 6.42 Å². The molecule has 0 aliphatic carbocycles. The highest BCUT2D eigenvalue weighted by Gasteiger charge is 2.26. The first-order chi connectivity index (χ1) is 9.11. The fraction of sp³-hybridized carbons (Fsp3) is 0.562. The van der Waals surface area contributed by atoms with Crippen LogP contribution < -0.4 is 0 Å². The molecule has 3 heteroatoms. The Morgan fingerprint density at radius 1 is 1.42 bits per heavy atom. The van der Waals surface area contributed by atoms with Crippen molar-refractivity contribution in [2.75, 3.05) is 13.1 Å². The fourth-order valence-corrected chi connectivity index (χ4v) is 2.65. The van der Waals surface area contributed by atoms with E-state index in [-0.39, 0.29) is 17.9 Å². The molecule has 1 fully saturated rings. The Kier molecular flexibility index (Phi) is 4.72. The lowest BCUT2D eigenvalue weighted by Gasteiger charge is -2.34. The minimum absolute atomic E-state index is 0.150. The Morgan fingerprint density at radius 3 is 2.68 bits per heavy atom. The SMILES string of the molecule is CCc1ccc(C(=O)C(C)N2CCCC(O)C2)cc1. The zero-order valence-corrected chi connectivity index (χ0v) is 11.8. The van der Waals surface area contributed by atoms with Gasteiger partial charge in [-0.3, -0.25) is 9.69 Å². The van der Waals surface area contributed by atoms with Crippen LogP contribution in [0.4, 0.5) is 0 Å². The first-order valence-corrected chi connectivity index (χ1v) is 7.17. The molecule has 0 bridgehead atoms. The molecule has 2 atom stereocenters. The van der Waals surface area contributed by atoms with Crippen LogP contribution in [0.1, 0.15) is 42.6 Å². The first-order valence-electron chi connectivity index (χ1n) is 7.17. The van der Waals surface area contributed by atoms with Gasteiger partial charge in [-0.2, -0.15) is 0 Å². The third-order valence-electron chi connectivity index (χ3n) is 4.00. The number of ketones is 1. The largest absolute Gasteiger partial charge is 0.392 e. The van der Waals surface area contributed by atoms with Gasteiger partial charge in [0.2, 0.25) is 0 Å². The van der Waals surface area contributed by atoms with Gasteiger partial charge in [0.15, 0.2) is 5.78 Å². The van der Waals surface area contributed by atoms with Crippen molar-refractivity contribution in [3.8, 4) is 0 Å². The lowest BCUT2D eigenvalue weighted by Crippen LogP contribution is -2.46. The molecule has 1 saturated heterocycles. The number of β-amino-alcohol motifs (C(OH)–C–C–N with tert-alkyl or cyclic N) is 1. The molecule has 0 aromatic heterocycles. The van der Waals surface area contributed by atoms with Crippen molar-refractivity contribution in [3.05, 3.63) is 35.4 Å². The lowest BCUT2D eigenvalue weighted by atomic mass is 9.99. The maximum Gasteiger partial charge on any atom is 0.179 e. The Hall–Kier alpha value is -1.19. The molecular weight excluding hydrogens is 238 g/mol. The highest BCUT2D eigenvalue weighted by atomic mass is 16.3. The summed E-state index contributed by atoms with van der Waals surface area (Å²) in [7, 11) is 0. The molecule has 0 spiro atoms. The van der Waals surface area contributed by atoms with Crippen molar-refractivity contribution >= 4 is 5.78 Å². The minimum atomic E-state index is -0.286. The van der Waals surface area contributed by atoms with E-state index in [1.54, 1.807) is 0 Å². The minimum Gasteiger partial charge on any atom is -0.392 e. The normalized spacial score (nSPS) is 22.2. The number of aliphatic hydroxyl groups excluding tert-OH is 1. The van der Waals surface area contributed by atoms with Gasteiger partial charge in [-0.05, 0) is 38.3 Å². The second kappa shape index (κ2) is 6.31. The summed E-state index contributed by atoms with van der Waals surface area (Å²) in [5.74, 6) is 0.150. The molecule has 19 heavy (non-hydrogen) atoms. The highest BCUT2D eigenvalue weighted by Crippen LogP contribution is 2.16. The maximum atomic E-state index is 12.4. The number of aryl methyl sites for hydroxylation is 1. The van der Waals surface area contributed by atoms with Crippen LogP contribution in [0.5, 0.6) is 0 Å². The fourth-order valence-electron chi connectivity index (χ4n) is 2.65. The third kappa shape index (κ3) is 3.43. The number of hydrogen-bond acceptors (Lipinski definition) is 3. The maximum absolute atomic E-state index is 12.4. The number of nitrogens with zero attached hydrogens (tertiary/aromatic N) is 1. The second-order valence-electron chi connectivity index (χ2n) is 5.38. The van der Waals surface area contributed by atoms with Crippen molar-refractivity contribution in [1.82, 2.24) is 4.90 Å². The zero-order chi connectivity index (χ0) is 13.8. The molecule has 2 unspecified atom stereocenters. The zero-order valence-electron chi connectivity index (χ0n) is 11.8. The van der Waals surface area contributed by atoms with Gasteiger partial charge in [-0.25, -0.2) is 0 Å². The van der Waals surface area contributed by atoms with Crippen LogP contribution in [-0.4, -0.2) is 41.0 Å². The van der Waals surface area contributed by atoms with Crippen molar-refractivity contribution < 1.29 is 9.90 Å². The van der Waals surface area contributed by atoms with Gasteiger partial charge in [-0.15, -0.1) is 0 Å². The van der Waals surface area contributed by atoms with Gasteiger partial charge in [0, 0.05) is 12.1 Å². The number of carbonyl (C=O) groups excluding carboxylic acids is 1. The Labute approximate surface area is 115 Å². The van der Waals surface area contributed by atoms with Crippen LogP contribution in [0.15, 0.2) is 24.3 Å². The molecule has 104 valence electrons. The van der Waals surface area contributed by atoms with Crippen molar-refractivity contribution in [3.63, 3.8) is 0 Å². The summed E-state index contributed by atoms with van der Waals surface area (Å²) < 4.78 is 0. The quantitative estimate of drug-likeness (QED) is 0.845. The molecule has 1 aromatic carbocycles. The summed E-state index contributed by atoms with van der Waals surface area (Å²) in [6, 6.07) is 7.72. The topological polar surface area (TPSA) is 40.5 Å². The van der Waals surface area contributed by atoms with Crippen LogP contribution in [0.25, 0.3) is 0 Å². The van der Waals surface area contributed by atoms with Crippen LogP contribution in [0.2, 0.25) is 0 Å². The number of piperidine rings is 1. The van der Waals surface area contributed by atoms with E-state index >= 15 is 0 Å². The van der Waals surface area contributed by atoms with Gasteiger partial charge in [0.1, 0.15) is 0 Å². The average Bonchev–Trinajstić information content (AvgIpc) is 2.46. The predicted molar refractivity (Wildman–Crippen MR) is 76.4 cm³/mol. The molecule has 1 heterocycles. The molecule has 1 aromatic rings. The van der Waals surface area contributed by atoms with E-state index in [0.717, 1.165) is 31.4 Å². The van der Waals surface area contributed by atoms with Crippen molar-refractivity contribution in [2.45, 2.75) is 45.3 Å². The smallest absolute Gasteiger partial charge is 0.179 e. The number of rotatable bonds is 4. The van der Waals surface area contributed by atoms with E-state index in [1.807, 2.05) is 31.2 Å². The Balaban J connectivity index is 2.05. The van der Waals surface area contributed by atoms with Crippen LogP contribution in [0.3, 0.4) is 0 Å². The van der Waals surface area contributed by atoms with E-state index < -0.39 is 0 Å². The van der Waals surface area contributed by atoms with E-state index in [2.05, 4.69) is 11.8 Å². The van der Waals surface area contributed by atoms with E-state index in [0.29, 0.717) is 6.54 Å². The lowest BCUT2D eigenvalue weighted by molar-refractivity contribution is 0.0454. The number of benzene rings is 1. The Bertz CT molecular complexity index is 427. The summed E-state index contributed by atoms with van der Waals surface area (Å²) in [5.41, 5.74) is 2.02. The summed E-state index contributed by atoms with van der Waals surface area (Å²) in [6.07, 6.45) is 2.52. The van der Waals surface area contributed by atoms with Gasteiger partial charge in [0.25, 0.3) is 0 Å². The summed E-state index contributed by atoms with van der Waals surface area (Å²) >= 11 is 0. The molecular formula is C16H23NO2. The van der Waals surface area contributed by atoms with Gasteiger partial charge < -0.3 is 5.11 Å². The molecule has 0 radical (unpaired) electrons. The van der Waals surface area contributed by atoms with Crippen LogP contribution >= 0.6 is 0 Å². The molecule has 3 nitrogen and oxygen atoms in total.